The molecule has 2 N–H and O–H groups in total. The molecule has 3 heterocycles. The van der Waals surface area contributed by atoms with Gasteiger partial charge in [-0.15, -0.1) is 4.40 Å². The van der Waals surface area contributed by atoms with E-state index in [1.165, 1.54) is 6.08 Å². The summed E-state index contributed by atoms with van der Waals surface area (Å²) in [5.41, 5.74) is 0.448. The zero-order chi connectivity index (χ0) is 17.0. The molecule has 2 aliphatic rings. The quantitative estimate of drug-likeness (QED) is 0.689. The molecule has 1 aromatic heterocycles. The average Bonchev–Trinajstić information content (AvgIpc) is 2.58. The van der Waals surface area contributed by atoms with Gasteiger partial charge in [0.1, 0.15) is 5.84 Å². The molecule has 1 aromatic rings. The lowest BCUT2D eigenvalue weighted by Gasteiger charge is -2.26. The highest BCUT2D eigenvalue weighted by atomic mass is 32.2. The molecule has 0 radical (unpaired) electrons. The number of nitrogens with one attached hydrogen (secondary N) is 2. The molecule has 3 rings (SSSR count). The Kier molecular flexibility index (Phi) is 4.56. The molecule has 0 saturated heterocycles. The van der Waals surface area contributed by atoms with E-state index >= 15 is 0 Å². The molecule has 0 atom stereocenters. The summed E-state index contributed by atoms with van der Waals surface area (Å²) < 4.78 is 26.6. The number of sulfonamides is 1. The van der Waals surface area contributed by atoms with E-state index in [1.807, 2.05) is 0 Å². The maximum Gasteiger partial charge on any atom is 0.256 e. The largest absolute Gasteiger partial charge is 0.352 e. The van der Waals surface area contributed by atoms with Crippen molar-refractivity contribution in [2.75, 3.05) is 30.7 Å². The molecular formula is C14H16N6O3S. The summed E-state index contributed by atoms with van der Waals surface area (Å²) in [6, 6.07) is 1.72. The summed E-state index contributed by atoms with van der Waals surface area (Å²) in [5.74, 6) is 0.533. The molecule has 0 aliphatic carbocycles. The van der Waals surface area contributed by atoms with Crippen LogP contribution in [0.3, 0.4) is 0 Å². The van der Waals surface area contributed by atoms with Crippen LogP contribution in [0.25, 0.3) is 0 Å². The van der Waals surface area contributed by atoms with E-state index in [1.54, 1.807) is 35.6 Å². The van der Waals surface area contributed by atoms with Crippen molar-refractivity contribution in [3.8, 4) is 0 Å². The van der Waals surface area contributed by atoms with Crippen molar-refractivity contribution >= 4 is 27.7 Å². The molecule has 126 valence electrons. The summed E-state index contributed by atoms with van der Waals surface area (Å²) in [6.45, 7) is 1.17. The van der Waals surface area contributed by atoms with Crippen LogP contribution in [0.4, 0.5) is 5.95 Å². The number of amidine groups is 1. The van der Waals surface area contributed by atoms with Gasteiger partial charge in [-0.2, -0.15) is 0 Å². The van der Waals surface area contributed by atoms with Crippen molar-refractivity contribution in [2.24, 2.45) is 4.40 Å². The molecule has 24 heavy (non-hydrogen) atoms. The first-order valence-corrected chi connectivity index (χ1v) is 8.93. The van der Waals surface area contributed by atoms with Gasteiger partial charge in [-0.05, 0) is 18.2 Å². The molecule has 0 aromatic carbocycles. The van der Waals surface area contributed by atoms with E-state index in [4.69, 9.17) is 0 Å². The minimum atomic E-state index is -3.39. The van der Waals surface area contributed by atoms with Crippen LogP contribution in [0, 0.1) is 0 Å². The van der Waals surface area contributed by atoms with Gasteiger partial charge in [0, 0.05) is 38.2 Å². The summed E-state index contributed by atoms with van der Waals surface area (Å²) >= 11 is 0. The van der Waals surface area contributed by atoms with Crippen molar-refractivity contribution in [3.63, 3.8) is 0 Å². The van der Waals surface area contributed by atoms with Crippen LogP contribution in [0.2, 0.25) is 0 Å². The fourth-order valence-electron chi connectivity index (χ4n) is 2.18. The number of amides is 1. The van der Waals surface area contributed by atoms with Gasteiger partial charge in [0.2, 0.25) is 5.95 Å². The van der Waals surface area contributed by atoms with Crippen LogP contribution in [0.15, 0.2) is 46.8 Å². The smallest absolute Gasteiger partial charge is 0.256 e. The number of hydrogen-bond acceptors (Lipinski definition) is 7. The Bertz CT molecular complexity index is 816. The van der Waals surface area contributed by atoms with Gasteiger partial charge in [-0.3, -0.25) is 4.79 Å². The molecular weight excluding hydrogens is 332 g/mol. The minimum absolute atomic E-state index is 0.0588. The Balaban J connectivity index is 1.51. The molecule has 0 saturated carbocycles. The van der Waals surface area contributed by atoms with Gasteiger partial charge in [0.25, 0.3) is 15.9 Å². The zero-order valence-electron chi connectivity index (χ0n) is 12.7. The Morgan fingerprint density at radius 3 is 2.79 bits per heavy atom. The number of fused-ring (bicyclic) bond motifs is 1. The summed E-state index contributed by atoms with van der Waals surface area (Å²) in [4.78, 5) is 21.8. The van der Waals surface area contributed by atoms with Gasteiger partial charge >= 0.3 is 0 Å². The monoisotopic (exact) mass is 348 g/mol. The normalized spacial score (nSPS) is 18.2. The second-order valence-electron chi connectivity index (χ2n) is 5.10. The van der Waals surface area contributed by atoms with Crippen LogP contribution in [0.1, 0.15) is 0 Å². The highest BCUT2D eigenvalue weighted by molar-refractivity contribution is 7.90. The van der Waals surface area contributed by atoms with Gasteiger partial charge in [0.05, 0.1) is 11.3 Å². The summed E-state index contributed by atoms with van der Waals surface area (Å²) in [7, 11) is -3.39. The Labute approximate surface area is 139 Å². The van der Waals surface area contributed by atoms with Crippen molar-refractivity contribution in [1.29, 1.82) is 0 Å². The molecule has 0 unspecified atom stereocenters. The second kappa shape index (κ2) is 6.79. The molecule has 1 amide bonds. The fraction of sp³-hybridized carbons (Fsp3) is 0.286. The number of nitrogens with zero attached hydrogens (tertiary/aromatic N) is 4. The SMILES string of the molecule is O=C(NCCNc1ncccn1)C1=CN2CCS(=O)(=O)N=C2C=C1. The number of rotatable bonds is 5. The molecule has 0 bridgehead atoms. The number of carbonyl (C=O) groups excluding carboxylic acids is 1. The number of hydrogen-bond donors (Lipinski definition) is 2. The molecule has 9 nitrogen and oxygen atoms in total. The lowest BCUT2D eigenvalue weighted by Crippen LogP contribution is -2.38. The van der Waals surface area contributed by atoms with Gasteiger partial charge < -0.3 is 15.5 Å². The fourth-order valence-corrected chi connectivity index (χ4v) is 3.15. The van der Waals surface area contributed by atoms with Crippen molar-refractivity contribution in [1.82, 2.24) is 20.2 Å². The van der Waals surface area contributed by atoms with E-state index < -0.39 is 10.0 Å². The number of aromatic nitrogens is 2. The maximum atomic E-state index is 12.1. The third kappa shape index (κ3) is 3.96. The van der Waals surface area contributed by atoms with Crippen LogP contribution in [0.5, 0.6) is 0 Å². The van der Waals surface area contributed by atoms with Crippen LogP contribution in [-0.2, 0) is 14.8 Å². The molecule has 0 spiro atoms. The first kappa shape index (κ1) is 16.1. The topological polar surface area (TPSA) is 117 Å². The van der Waals surface area contributed by atoms with Crippen molar-refractivity contribution < 1.29 is 13.2 Å². The van der Waals surface area contributed by atoms with Crippen molar-refractivity contribution in [2.45, 2.75) is 0 Å². The highest BCUT2D eigenvalue weighted by Gasteiger charge is 2.24. The minimum Gasteiger partial charge on any atom is -0.352 e. The highest BCUT2D eigenvalue weighted by Crippen LogP contribution is 2.15. The van der Waals surface area contributed by atoms with Gasteiger partial charge in [-0.25, -0.2) is 18.4 Å². The van der Waals surface area contributed by atoms with Gasteiger partial charge in [-0.1, -0.05) is 0 Å². The van der Waals surface area contributed by atoms with E-state index in [0.29, 0.717) is 30.4 Å². The van der Waals surface area contributed by atoms with E-state index in [0.717, 1.165) is 0 Å². The van der Waals surface area contributed by atoms with Crippen molar-refractivity contribution in [3.05, 3.63) is 42.4 Å². The lowest BCUT2D eigenvalue weighted by molar-refractivity contribution is -0.117. The summed E-state index contributed by atoms with van der Waals surface area (Å²) in [5, 5.41) is 5.76. The Morgan fingerprint density at radius 1 is 1.21 bits per heavy atom. The van der Waals surface area contributed by atoms with Crippen LogP contribution in [-0.4, -0.2) is 60.4 Å². The van der Waals surface area contributed by atoms with E-state index in [9.17, 15) is 13.2 Å². The Hall–Kier alpha value is -2.75. The van der Waals surface area contributed by atoms with E-state index in [2.05, 4.69) is 25.0 Å². The predicted molar refractivity (Wildman–Crippen MR) is 88.7 cm³/mol. The lowest BCUT2D eigenvalue weighted by atomic mass is 10.2. The number of anilines is 1. The summed E-state index contributed by atoms with van der Waals surface area (Å²) in [6.07, 6.45) is 7.95. The first-order chi connectivity index (χ1) is 11.5. The first-order valence-electron chi connectivity index (χ1n) is 7.32. The zero-order valence-corrected chi connectivity index (χ0v) is 13.5. The Morgan fingerprint density at radius 2 is 2.00 bits per heavy atom. The third-order valence-electron chi connectivity index (χ3n) is 3.35. The molecule has 10 heteroatoms. The number of carbonyl (C=O) groups is 1. The maximum absolute atomic E-state index is 12.1. The van der Waals surface area contributed by atoms with Gasteiger partial charge in [0.15, 0.2) is 0 Å². The van der Waals surface area contributed by atoms with Crippen LogP contribution < -0.4 is 10.6 Å². The molecule has 0 fully saturated rings. The third-order valence-corrected chi connectivity index (χ3v) is 4.51. The molecule has 2 aliphatic heterocycles. The average molecular weight is 348 g/mol. The predicted octanol–water partition coefficient (Wildman–Crippen LogP) is -0.498. The van der Waals surface area contributed by atoms with E-state index in [-0.39, 0.29) is 18.2 Å². The van der Waals surface area contributed by atoms with Crippen LogP contribution >= 0.6 is 0 Å². The standard InChI is InChI=1S/C14H16N6O3S/c21-13(15-6-7-18-14-16-4-1-5-17-14)11-2-3-12-19-24(22,23)9-8-20(12)10-11/h1-5,10H,6-9H2,(H,15,21)(H,16,17,18). The second-order valence-corrected chi connectivity index (χ2v) is 6.86.